The van der Waals surface area contributed by atoms with Gasteiger partial charge in [0.25, 0.3) is 0 Å². The highest BCUT2D eigenvalue weighted by Crippen LogP contribution is 2.32. The van der Waals surface area contributed by atoms with Crippen LogP contribution in [-0.2, 0) is 20.1 Å². The summed E-state index contributed by atoms with van der Waals surface area (Å²) in [4.78, 5) is 5.19. The number of rotatable bonds is 4. The summed E-state index contributed by atoms with van der Waals surface area (Å²) in [6.07, 6.45) is 9.09. The number of piperidine rings is 1. The van der Waals surface area contributed by atoms with Gasteiger partial charge in [0.05, 0.1) is 18.7 Å². The monoisotopic (exact) mass is 300 g/mol. The lowest BCUT2D eigenvalue weighted by molar-refractivity contribution is 0.142. The lowest BCUT2D eigenvalue weighted by Gasteiger charge is -2.34. The van der Waals surface area contributed by atoms with E-state index >= 15 is 0 Å². The number of fused-ring (bicyclic) bond motifs is 1. The number of furan rings is 1. The summed E-state index contributed by atoms with van der Waals surface area (Å²) in [5.41, 5.74) is 2.63. The third-order valence-electron chi connectivity index (χ3n) is 5.11. The maximum atomic E-state index is 5.19. The highest BCUT2D eigenvalue weighted by Gasteiger charge is 2.36. The van der Waals surface area contributed by atoms with Crippen LogP contribution in [0.25, 0.3) is 0 Å². The fourth-order valence-corrected chi connectivity index (χ4v) is 4.07. The van der Waals surface area contributed by atoms with Gasteiger partial charge in [-0.05, 0) is 30.9 Å². The van der Waals surface area contributed by atoms with E-state index in [0.29, 0.717) is 0 Å². The molecule has 0 unspecified atom stereocenters. The van der Waals surface area contributed by atoms with Crippen LogP contribution in [0.5, 0.6) is 0 Å². The molecule has 0 saturated carbocycles. The number of nitrogens with zero attached hydrogens (tertiary/aromatic N) is 4. The molecule has 0 aromatic carbocycles. The van der Waals surface area contributed by atoms with E-state index in [4.69, 9.17) is 4.42 Å². The molecule has 118 valence electrons. The van der Waals surface area contributed by atoms with Crippen molar-refractivity contribution in [3.63, 3.8) is 0 Å². The topological polar surface area (TPSA) is 37.4 Å². The van der Waals surface area contributed by atoms with Gasteiger partial charge in [0.15, 0.2) is 0 Å². The summed E-state index contributed by atoms with van der Waals surface area (Å²) >= 11 is 0. The zero-order valence-corrected chi connectivity index (χ0v) is 13.2. The van der Waals surface area contributed by atoms with Crippen LogP contribution in [0.2, 0.25) is 0 Å². The van der Waals surface area contributed by atoms with E-state index in [1.54, 1.807) is 6.26 Å². The molecule has 2 fully saturated rings. The Balaban J connectivity index is 1.33. The first-order valence-electron chi connectivity index (χ1n) is 8.19. The molecule has 5 nitrogen and oxygen atoms in total. The van der Waals surface area contributed by atoms with Gasteiger partial charge in [-0.1, -0.05) is 0 Å². The smallest absolute Gasteiger partial charge is 0.0947 e. The van der Waals surface area contributed by atoms with Crippen molar-refractivity contribution in [3.05, 3.63) is 42.1 Å². The van der Waals surface area contributed by atoms with Crippen molar-refractivity contribution >= 4 is 0 Å². The van der Waals surface area contributed by atoms with E-state index in [-0.39, 0.29) is 0 Å². The van der Waals surface area contributed by atoms with Gasteiger partial charge < -0.3 is 4.42 Å². The summed E-state index contributed by atoms with van der Waals surface area (Å²) in [5.74, 6) is 1.69. The lowest BCUT2D eigenvalue weighted by Crippen LogP contribution is -2.39. The lowest BCUT2D eigenvalue weighted by atomic mass is 9.88. The van der Waals surface area contributed by atoms with Crippen LogP contribution >= 0.6 is 0 Å². The molecular weight excluding hydrogens is 276 g/mol. The van der Waals surface area contributed by atoms with Crippen LogP contribution in [-0.4, -0.2) is 45.8 Å². The van der Waals surface area contributed by atoms with E-state index in [0.717, 1.165) is 24.9 Å². The van der Waals surface area contributed by atoms with Crippen molar-refractivity contribution in [3.8, 4) is 0 Å². The maximum Gasteiger partial charge on any atom is 0.0947 e. The highest BCUT2D eigenvalue weighted by molar-refractivity contribution is 5.07. The summed E-state index contributed by atoms with van der Waals surface area (Å²) in [5, 5.41) is 4.28. The fourth-order valence-electron chi connectivity index (χ4n) is 4.07. The van der Waals surface area contributed by atoms with E-state index in [2.05, 4.69) is 27.2 Å². The van der Waals surface area contributed by atoms with Gasteiger partial charge in [0.2, 0.25) is 0 Å². The predicted octanol–water partition coefficient (Wildman–Crippen LogP) is 1.97. The van der Waals surface area contributed by atoms with Gasteiger partial charge in [-0.15, -0.1) is 0 Å². The van der Waals surface area contributed by atoms with Gasteiger partial charge in [-0.3, -0.25) is 14.5 Å². The quantitative estimate of drug-likeness (QED) is 0.865. The summed E-state index contributed by atoms with van der Waals surface area (Å²) in [6, 6.07) is 2.08. The van der Waals surface area contributed by atoms with Crippen LogP contribution in [0.15, 0.2) is 35.4 Å². The number of hydrogen-bond acceptors (Lipinski definition) is 4. The fraction of sp³-hybridized carbons (Fsp3) is 0.588. The molecule has 2 aliphatic rings. The Morgan fingerprint density at radius 3 is 2.73 bits per heavy atom. The largest absolute Gasteiger partial charge is 0.472 e. The minimum absolute atomic E-state index is 0.817. The molecule has 2 saturated heterocycles. The molecule has 4 rings (SSSR count). The molecule has 0 N–H and O–H groups in total. The number of hydrogen-bond donors (Lipinski definition) is 0. The van der Waals surface area contributed by atoms with Crippen molar-refractivity contribution in [1.82, 2.24) is 19.6 Å². The molecule has 2 aliphatic heterocycles. The Bertz CT molecular complexity index is 606. The minimum atomic E-state index is 0.817. The Kier molecular flexibility index (Phi) is 3.76. The SMILES string of the molecule is Cn1cc(CN2CC[C@@H]3CN(Cc4ccoc4)C[C@@H]3C2)cn1. The van der Waals surface area contributed by atoms with Gasteiger partial charge >= 0.3 is 0 Å². The molecule has 2 atom stereocenters. The van der Waals surface area contributed by atoms with E-state index < -0.39 is 0 Å². The standard InChI is InChI=1S/C17H24N4O/c1-19-7-15(6-18-19)9-20-4-2-16-10-21(12-17(16)11-20)8-14-3-5-22-13-14/h3,5-7,13,16-17H,2,4,8-12H2,1H3/t16-,17+/m1/s1. The zero-order chi connectivity index (χ0) is 14.9. The molecule has 0 bridgehead atoms. The minimum Gasteiger partial charge on any atom is -0.472 e. The van der Waals surface area contributed by atoms with E-state index in [9.17, 15) is 0 Å². The number of aryl methyl sites for hydroxylation is 1. The molecular formula is C17H24N4O. The van der Waals surface area contributed by atoms with Crippen LogP contribution in [0.1, 0.15) is 17.5 Å². The summed E-state index contributed by atoms with van der Waals surface area (Å²) < 4.78 is 7.08. The zero-order valence-electron chi connectivity index (χ0n) is 13.2. The van der Waals surface area contributed by atoms with Crippen molar-refractivity contribution in [2.75, 3.05) is 26.2 Å². The Morgan fingerprint density at radius 2 is 1.95 bits per heavy atom. The van der Waals surface area contributed by atoms with Crippen molar-refractivity contribution in [2.24, 2.45) is 18.9 Å². The first kappa shape index (κ1) is 14.0. The van der Waals surface area contributed by atoms with Crippen LogP contribution in [0, 0.1) is 11.8 Å². The normalized spacial score (nSPS) is 26.4. The maximum absolute atomic E-state index is 5.19. The highest BCUT2D eigenvalue weighted by atomic mass is 16.3. The first-order chi connectivity index (χ1) is 10.8. The van der Waals surface area contributed by atoms with Crippen molar-refractivity contribution < 1.29 is 4.42 Å². The molecule has 0 radical (unpaired) electrons. The third-order valence-corrected chi connectivity index (χ3v) is 5.11. The second-order valence-corrected chi connectivity index (χ2v) is 6.89. The molecule has 0 aliphatic carbocycles. The first-order valence-corrected chi connectivity index (χ1v) is 8.19. The van der Waals surface area contributed by atoms with Crippen molar-refractivity contribution in [2.45, 2.75) is 19.5 Å². The van der Waals surface area contributed by atoms with Crippen LogP contribution < -0.4 is 0 Å². The summed E-state index contributed by atoms with van der Waals surface area (Å²) in [6.45, 7) is 6.98. The van der Waals surface area contributed by atoms with Crippen LogP contribution in [0.3, 0.4) is 0 Å². The van der Waals surface area contributed by atoms with Gasteiger partial charge in [0, 0.05) is 57.1 Å². The van der Waals surface area contributed by atoms with Gasteiger partial charge in [0.1, 0.15) is 0 Å². The third kappa shape index (κ3) is 2.96. The molecule has 0 amide bonds. The molecule has 2 aromatic rings. The summed E-state index contributed by atoms with van der Waals surface area (Å²) in [7, 11) is 1.99. The van der Waals surface area contributed by atoms with Crippen molar-refractivity contribution in [1.29, 1.82) is 0 Å². The molecule has 5 heteroatoms. The average molecular weight is 300 g/mol. The number of likely N-dealkylation sites (tertiary alicyclic amines) is 2. The number of aromatic nitrogens is 2. The van der Waals surface area contributed by atoms with Gasteiger partial charge in [-0.2, -0.15) is 5.10 Å². The Morgan fingerprint density at radius 1 is 1.14 bits per heavy atom. The molecule has 4 heterocycles. The Labute approximate surface area is 131 Å². The molecule has 0 spiro atoms. The second-order valence-electron chi connectivity index (χ2n) is 6.89. The second kappa shape index (κ2) is 5.89. The Hall–Kier alpha value is -1.59. The van der Waals surface area contributed by atoms with E-state index in [1.807, 2.05) is 24.2 Å². The molecule has 2 aromatic heterocycles. The predicted molar refractivity (Wildman–Crippen MR) is 84.1 cm³/mol. The van der Waals surface area contributed by atoms with Gasteiger partial charge in [-0.25, -0.2) is 0 Å². The van der Waals surface area contributed by atoms with Crippen LogP contribution in [0.4, 0.5) is 0 Å². The van der Waals surface area contributed by atoms with E-state index in [1.165, 1.54) is 43.7 Å². The average Bonchev–Trinajstić information content (AvgIpc) is 3.20. The molecule has 22 heavy (non-hydrogen) atoms.